The Morgan fingerprint density at radius 1 is 1.33 bits per heavy atom. The summed E-state index contributed by atoms with van der Waals surface area (Å²) in [6.07, 6.45) is -4.82. The molecule has 0 bridgehead atoms. The van der Waals surface area contributed by atoms with Crippen molar-refractivity contribution in [1.82, 2.24) is 4.90 Å². The molecule has 1 fully saturated rings. The third kappa shape index (κ3) is 3.93. The topological polar surface area (TPSA) is 49.4 Å². The molecule has 1 atom stereocenters. The van der Waals surface area contributed by atoms with E-state index in [2.05, 4.69) is 5.32 Å². The van der Waals surface area contributed by atoms with Crippen LogP contribution in [0.5, 0.6) is 0 Å². The number of alkyl halides is 3. The fourth-order valence-corrected chi connectivity index (χ4v) is 2.11. The molecule has 1 N–H and O–H groups in total. The van der Waals surface area contributed by atoms with E-state index in [1.165, 1.54) is 18.2 Å². The normalized spacial score (nSPS) is 19.0. The molecular weight excluding hydrogens is 292 g/mol. The largest absolute Gasteiger partial charge is 0.406 e. The van der Waals surface area contributed by atoms with Crippen molar-refractivity contribution in [2.75, 3.05) is 18.4 Å². The second kappa shape index (κ2) is 5.71. The number of likely N-dealkylation sites (tertiary alicyclic amines) is 1. The first-order valence-electron chi connectivity index (χ1n) is 6.16. The van der Waals surface area contributed by atoms with Crippen LogP contribution >= 0.6 is 0 Å². The first-order chi connectivity index (χ1) is 9.76. The smallest absolute Gasteiger partial charge is 0.333 e. The van der Waals surface area contributed by atoms with Crippen LogP contribution in [-0.4, -0.2) is 36.0 Å². The number of para-hydroxylation sites is 1. The first kappa shape index (κ1) is 15.3. The Labute approximate surface area is 117 Å². The van der Waals surface area contributed by atoms with E-state index in [1.807, 2.05) is 0 Å². The fourth-order valence-electron chi connectivity index (χ4n) is 2.11. The monoisotopic (exact) mass is 304 g/mol. The average molecular weight is 304 g/mol. The molecule has 1 aliphatic rings. The number of hydrogen-bond donors (Lipinski definition) is 1. The minimum Gasteiger partial charge on any atom is -0.333 e. The molecule has 2 amide bonds. The molecule has 1 aromatic rings. The number of hydrogen-bond acceptors (Lipinski definition) is 2. The number of nitrogens with zero attached hydrogens (tertiary/aromatic N) is 1. The lowest BCUT2D eigenvalue weighted by atomic mass is 10.1. The lowest BCUT2D eigenvalue weighted by Gasteiger charge is -2.18. The van der Waals surface area contributed by atoms with Gasteiger partial charge >= 0.3 is 6.18 Å². The first-order valence-corrected chi connectivity index (χ1v) is 6.16. The van der Waals surface area contributed by atoms with Crippen molar-refractivity contribution in [3.63, 3.8) is 0 Å². The minimum absolute atomic E-state index is 0.0655. The van der Waals surface area contributed by atoms with Crippen LogP contribution in [0.3, 0.4) is 0 Å². The Hall–Kier alpha value is -2.12. The summed E-state index contributed by atoms with van der Waals surface area (Å²) in [5.74, 6) is -2.97. The predicted molar refractivity (Wildman–Crippen MR) is 65.8 cm³/mol. The molecule has 1 saturated heterocycles. The van der Waals surface area contributed by atoms with Gasteiger partial charge in [0.2, 0.25) is 11.8 Å². The molecule has 0 aromatic heterocycles. The fraction of sp³-hybridized carbons (Fsp3) is 0.385. The van der Waals surface area contributed by atoms with Gasteiger partial charge < -0.3 is 10.2 Å². The Kier molecular flexibility index (Phi) is 4.15. The zero-order chi connectivity index (χ0) is 15.6. The molecule has 1 aliphatic heterocycles. The van der Waals surface area contributed by atoms with Gasteiger partial charge in [0.05, 0.1) is 11.6 Å². The van der Waals surface area contributed by atoms with Gasteiger partial charge in [0.25, 0.3) is 0 Å². The molecule has 0 radical (unpaired) electrons. The summed E-state index contributed by atoms with van der Waals surface area (Å²) in [5, 5.41) is 2.28. The molecule has 0 aliphatic carbocycles. The standard InChI is InChI=1S/C13H12F4N2O2/c14-9-3-1-2-4-10(9)18-12(21)8-5-11(20)19(6-8)7-13(15,16)17/h1-4,8H,5-7H2,(H,18,21)/t8-/m1/s1. The molecule has 2 rings (SSSR count). The van der Waals surface area contributed by atoms with E-state index in [4.69, 9.17) is 0 Å². The third-order valence-corrected chi connectivity index (χ3v) is 3.09. The summed E-state index contributed by atoms with van der Waals surface area (Å²) in [4.78, 5) is 23.9. The minimum atomic E-state index is -4.51. The van der Waals surface area contributed by atoms with Gasteiger partial charge in [-0.2, -0.15) is 13.2 Å². The summed E-state index contributed by atoms with van der Waals surface area (Å²) in [6, 6.07) is 5.42. The lowest BCUT2D eigenvalue weighted by molar-refractivity contribution is -0.157. The number of rotatable bonds is 3. The zero-order valence-electron chi connectivity index (χ0n) is 10.8. The van der Waals surface area contributed by atoms with Crippen molar-refractivity contribution in [2.24, 2.45) is 5.92 Å². The summed E-state index contributed by atoms with van der Waals surface area (Å²) in [7, 11) is 0. The van der Waals surface area contributed by atoms with Gasteiger partial charge in [-0.05, 0) is 12.1 Å². The number of amides is 2. The van der Waals surface area contributed by atoms with Crippen LogP contribution in [0, 0.1) is 11.7 Å². The maximum atomic E-state index is 13.4. The average Bonchev–Trinajstić information content (AvgIpc) is 2.72. The molecule has 1 aromatic carbocycles. The molecule has 8 heteroatoms. The van der Waals surface area contributed by atoms with Gasteiger partial charge in [0, 0.05) is 13.0 Å². The SMILES string of the molecule is O=C(Nc1ccccc1F)[C@@H]1CC(=O)N(CC(F)(F)F)C1. The second-order valence-electron chi connectivity index (χ2n) is 4.76. The van der Waals surface area contributed by atoms with E-state index >= 15 is 0 Å². The molecular formula is C13H12F4N2O2. The highest BCUT2D eigenvalue weighted by atomic mass is 19.4. The predicted octanol–water partition coefficient (Wildman–Crippen LogP) is 2.17. The number of benzene rings is 1. The van der Waals surface area contributed by atoms with E-state index in [0.717, 1.165) is 6.07 Å². The van der Waals surface area contributed by atoms with Crippen LogP contribution < -0.4 is 5.32 Å². The summed E-state index contributed by atoms with van der Waals surface area (Å²) >= 11 is 0. The third-order valence-electron chi connectivity index (χ3n) is 3.09. The molecule has 0 saturated carbocycles. The van der Waals surface area contributed by atoms with Crippen LogP contribution in [0.2, 0.25) is 0 Å². The van der Waals surface area contributed by atoms with Crippen LogP contribution in [0.4, 0.5) is 23.2 Å². The number of carbonyl (C=O) groups excluding carboxylic acids is 2. The quantitative estimate of drug-likeness (QED) is 0.870. The Morgan fingerprint density at radius 3 is 2.62 bits per heavy atom. The number of anilines is 1. The zero-order valence-corrected chi connectivity index (χ0v) is 10.8. The summed E-state index contributed by atoms with van der Waals surface area (Å²) < 4.78 is 50.2. The highest BCUT2D eigenvalue weighted by Gasteiger charge is 2.40. The molecule has 4 nitrogen and oxygen atoms in total. The van der Waals surface area contributed by atoms with E-state index in [9.17, 15) is 27.2 Å². The van der Waals surface area contributed by atoms with Crippen molar-refractivity contribution in [2.45, 2.75) is 12.6 Å². The van der Waals surface area contributed by atoms with Crippen molar-refractivity contribution in [3.05, 3.63) is 30.1 Å². The van der Waals surface area contributed by atoms with Gasteiger partial charge in [-0.25, -0.2) is 4.39 Å². The number of nitrogens with one attached hydrogen (secondary N) is 1. The highest BCUT2D eigenvalue weighted by Crippen LogP contribution is 2.25. The van der Waals surface area contributed by atoms with Gasteiger partial charge in [-0.15, -0.1) is 0 Å². The van der Waals surface area contributed by atoms with Crippen molar-refractivity contribution in [3.8, 4) is 0 Å². The molecule has 114 valence electrons. The maximum Gasteiger partial charge on any atom is 0.406 e. The van der Waals surface area contributed by atoms with Crippen LogP contribution in [0.15, 0.2) is 24.3 Å². The Morgan fingerprint density at radius 2 is 2.00 bits per heavy atom. The Balaban J connectivity index is 1.99. The van der Waals surface area contributed by atoms with E-state index in [1.54, 1.807) is 0 Å². The van der Waals surface area contributed by atoms with Gasteiger partial charge in [-0.1, -0.05) is 12.1 Å². The van der Waals surface area contributed by atoms with E-state index in [-0.39, 0.29) is 18.7 Å². The Bertz CT molecular complexity index is 559. The lowest BCUT2D eigenvalue weighted by Crippen LogP contribution is -2.36. The number of halogens is 4. The van der Waals surface area contributed by atoms with Crippen LogP contribution in [0.1, 0.15) is 6.42 Å². The van der Waals surface area contributed by atoms with E-state index in [0.29, 0.717) is 4.90 Å². The van der Waals surface area contributed by atoms with Gasteiger partial charge in [0.15, 0.2) is 0 Å². The van der Waals surface area contributed by atoms with Crippen molar-refractivity contribution in [1.29, 1.82) is 0 Å². The van der Waals surface area contributed by atoms with E-state index < -0.39 is 36.3 Å². The molecule has 0 unspecified atom stereocenters. The summed E-state index contributed by atoms with van der Waals surface area (Å²) in [5.41, 5.74) is -0.0655. The second-order valence-corrected chi connectivity index (χ2v) is 4.76. The molecule has 21 heavy (non-hydrogen) atoms. The molecule has 1 heterocycles. The molecule has 0 spiro atoms. The summed E-state index contributed by atoms with van der Waals surface area (Å²) in [6.45, 7) is -1.70. The van der Waals surface area contributed by atoms with Crippen molar-refractivity contribution >= 4 is 17.5 Å². The number of carbonyl (C=O) groups is 2. The highest BCUT2D eigenvalue weighted by molar-refractivity contribution is 5.97. The van der Waals surface area contributed by atoms with Crippen molar-refractivity contribution < 1.29 is 27.2 Å². The van der Waals surface area contributed by atoms with Crippen LogP contribution in [0.25, 0.3) is 0 Å². The maximum absolute atomic E-state index is 13.4. The van der Waals surface area contributed by atoms with Gasteiger partial charge in [-0.3, -0.25) is 9.59 Å². The van der Waals surface area contributed by atoms with Crippen LogP contribution in [-0.2, 0) is 9.59 Å². The van der Waals surface area contributed by atoms with Gasteiger partial charge in [0.1, 0.15) is 12.4 Å².